The molecular weight excluding hydrogens is 705 g/mol. The van der Waals surface area contributed by atoms with Crippen molar-refractivity contribution in [2.75, 3.05) is 0 Å². The van der Waals surface area contributed by atoms with Crippen LogP contribution in [0.3, 0.4) is 0 Å². The number of hydrogen-bond donors (Lipinski definition) is 0. The van der Waals surface area contributed by atoms with Crippen molar-refractivity contribution in [1.82, 2.24) is 19.1 Å². The lowest BCUT2D eigenvalue weighted by Crippen LogP contribution is -2.11. The van der Waals surface area contributed by atoms with E-state index in [0.717, 1.165) is 55.7 Å². The predicted octanol–water partition coefficient (Wildman–Crippen LogP) is 13.9. The summed E-state index contributed by atoms with van der Waals surface area (Å²) >= 11 is 0. The molecule has 0 saturated heterocycles. The van der Waals surface area contributed by atoms with Gasteiger partial charge in [-0.15, -0.1) is 0 Å². The van der Waals surface area contributed by atoms with Crippen LogP contribution in [0.1, 0.15) is 0 Å². The average Bonchev–Trinajstić information content (AvgIpc) is 3.31. The number of aromatic nitrogens is 4. The molecular formula is C54H34N4. The Kier molecular flexibility index (Phi) is 7.20. The minimum Gasteiger partial charge on any atom is -0.309 e. The summed E-state index contributed by atoms with van der Waals surface area (Å²) in [4.78, 5) is 9.14. The highest BCUT2D eigenvalue weighted by atomic mass is 15.0. The first-order chi connectivity index (χ1) is 28.8. The molecule has 0 spiro atoms. The van der Waals surface area contributed by atoms with Crippen molar-refractivity contribution in [3.8, 4) is 67.0 Å². The molecule has 2 aliphatic heterocycles. The molecule has 0 fully saturated rings. The number of nitrogens with zero attached hydrogens (tertiary/aromatic N) is 4. The lowest BCUT2D eigenvalue weighted by molar-refractivity contribution is 1.14. The summed E-state index contributed by atoms with van der Waals surface area (Å²) in [5, 5.41) is 4.88. The second-order valence-corrected chi connectivity index (χ2v) is 15.0. The third kappa shape index (κ3) is 4.88. The highest BCUT2D eigenvalue weighted by molar-refractivity contribution is 6.30. The molecule has 0 radical (unpaired) electrons. The van der Waals surface area contributed by atoms with Crippen LogP contribution in [0.2, 0.25) is 0 Å². The minimum absolute atomic E-state index is 1.08. The van der Waals surface area contributed by atoms with E-state index in [1.54, 1.807) is 0 Å². The summed E-state index contributed by atoms with van der Waals surface area (Å²) in [5.74, 6) is 0. The lowest BCUT2D eigenvalue weighted by atomic mass is 9.81. The van der Waals surface area contributed by atoms with Gasteiger partial charge in [0.1, 0.15) is 0 Å². The number of benzene rings is 8. The molecule has 0 saturated carbocycles. The van der Waals surface area contributed by atoms with Crippen molar-refractivity contribution in [1.29, 1.82) is 0 Å². The van der Waals surface area contributed by atoms with Gasteiger partial charge in [-0.3, -0.25) is 9.97 Å². The maximum Gasteiger partial charge on any atom is 0.0554 e. The van der Waals surface area contributed by atoms with Gasteiger partial charge in [0.15, 0.2) is 0 Å². The van der Waals surface area contributed by atoms with Crippen molar-refractivity contribution in [2.45, 2.75) is 0 Å². The van der Waals surface area contributed by atoms with Crippen LogP contribution in [0, 0.1) is 0 Å². The van der Waals surface area contributed by atoms with Crippen LogP contribution in [-0.2, 0) is 0 Å². The molecule has 0 N–H and O–H groups in total. The molecule has 4 heterocycles. The SMILES string of the molecule is c1ccc(-c2cc3c4c5c2cc(-c2cccnc2)cc5n(-c2ccccc2)c2cc(-c5ccccc5)c5cc(-c6cccnc6)cc(c5c2-4)n3-c2ccccc2)cc1. The van der Waals surface area contributed by atoms with Crippen LogP contribution in [0.4, 0.5) is 0 Å². The molecule has 270 valence electrons. The summed E-state index contributed by atoms with van der Waals surface area (Å²) < 4.78 is 5.01. The van der Waals surface area contributed by atoms with Crippen LogP contribution in [0.15, 0.2) is 207 Å². The van der Waals surface area contributed by atoms with E-state index in [0.29, 0.717) is 0 Å². The van der Waals surface area contributed by atoms with Gasteiger partial charge < -0.3 is 9.13 Å². The minimum atomic E-state index is 1.08. The van der Waals surface area contributed by atoms with Crippen molar-refractivity contribution in [3.05, 3.63) is 207 Å². The summed E-state index contributed by atoms with van der Waals surface area (Å²) in [6.45, 7) is 0. The molecule has 0 bridgehead atoms. The average molecular weight is 739 g/mol. The Balaban J connectivity index is 1.41. The number of para-hydroxylation sites is 2. The molecule has 4 nitrogen and oxygen atoms in total. The zero-order valence-corrected chi connectivity index (χ0v) is 31.4. The second-order valence-electron chi connectivity index (χ2n) is 15.0. The molecule has 0 amide bonds. The van der Waals surface area contributed by atoms with Gasteiger partial charge in [-0.1, -0.05) is 109 Å². The number of hydrogen-bond acceptors (Lipinski definition) is 2. The van der Waals surface area contributed by atoms with Gasteiger partial charge in [0, 0.05) is 69.2 Å². The molecule has 10 aromatic rings. The van der Waals surface area contributed by atoms with Crippen molar-refractivity contribution < 1.29 is 0 Å². The molecule has 8 aromatic carbocycles. The normalized spacial score (nSPS) is 11.8. The van der Waals surface area contributed by atoms with Crippen LogP contribution < -0.4 is 0 Å². The molecule has 0 atom stereocenters. The first-order valence-electron chi connectivity index (χ1n) is 19.7. The van der Waals surface area contributed by atoms with E-state index in [2.05, 4.69) is 189 Å². The number of pyridine rings is 4. The fourth-order valence-corrected chi connectivity index (χ4v) is 9.33. The van der Waals surface area contributed by atoms with E-state index in [1.165, 1.54) is 54.9 Å². The molecule has 2 aromatic heterocycles. The van der Waals surface area contributed by atoms with Crippen molar-refractivity contribution >= 4 is 43.6 Å². The molecule has 4 heteroatoms. The lowest BCUT2D eigenvalue weighted by Gasteiger charge is -2.31. The smallest absolute Gasteiger partial charge is 0.0554 e. The summed E-state index contributed by atoms with van der Waals surface area (Å²) in [6.07, 6.45) is 7.64. The zero-order valence-electron chi connectivity index (χ0n) is 31.4. The van der Waals surface area contributed by atoms with Gasteiger partial charge in [-0.2, -0.15) is 0 Å². The molecule has 58 heavy (non-hydrogen) atoms. The molecule has 2 aliphatic rings. The standard InChI is InChI=1S/C54H34N4/c1-5-15-35(16-6-1)43-31-49-53-51-45(43)27-39(37-19-13-25-55-33-37)29-47(51)58(42-23-11-4-12-24-42)50-32-44(36-17-7-2-8-18-36)46-28-40(38-20-14-26-56-34-38)30-48(52(46)54(50)53)57(49)41-21-9-3-10-22-41/h1-34H. The van der Waals surface area contributed by atoms with Gasteiger partial charge in [-0.05, 0) is 117 Å². The van der Waals surface area contributed by atoms with Gasteiger partial charge in [-0.25, -0.2) is 0 Å². The summed E-state index contributed by atoms with van der Waals surface area (Å²) in [5.41, 5.74) is 18.4. The third-order valence-electron chi connectivity index (χ3n) is 11.8. The van der Waals surface area contributed by atoms with Gasteiger partial charge in [0.2, 0.25) is 0 Å². The van der Waals surface area contributed by atoms with E-state index in [4.69, 9.17) is 0 Å². The van der Waals surface area contributed by atoms with Gasteiger partial charge >= 0.3 is 0 Å². The Bertz CT molecular complexity index is 3160. The Hall–Kier alpha value is -7.82. The maximum absolute atomic E-state index is 4.57. The molecule has 0 unspecified atom stereocenters. The van der Waals surface area contributed by atoms with E-state index in [9.17, 15) is 0 Å². The van der Waals surface area contributed by atoms with Crippen LogP contribution in [0.25, 0.3) is 111 Å². The largest absolute Gasteiger partial charge is 0.309 e. The van der Waals surface area contributed by atoms with Crippen LogP contribution in [-0.4, -0.2) is 19.1 Å². The molecule has 0 aliphatic carbocycles. The highest BCUT2D eigenvalue weighted by Crippen LogP contribution is 2.54. The Morgan fingerprint density at radius 2 is 0.690 bits per heavy atom. The first-order valence-corrected chi connectivity index (χ1v) is 19.7. The van der Waals surface area contributed by atoms with E-state index >= 15 is 0 Å². The molecule has 12 rings (SSSR count). The Labute approximate surface area is 335 Å². The fourth-order valence-electron chi connectivity index (χ4n) is 9.33. The Morgan fingerprint density at radius 3 is 1.07 bits per heavy atom. The third-order valence-corrected chi connectivity index (χ3v) is 11.8. The van der Waals surface area contributed by atoms with E-state index < -0.39 is 0 Å². The van der Waals surface area contributed by atoms with Gasteiger partial charge in [0.25, 0.3) is 0 Å². The zero-order chi connectivity index (χ0) is 38.2. The topological polar surface area (TPSA) is 35.6 Å². The Morgan fingerprint density at radius 1 is 0.310 bits per heavy atom. The van der Waals surface area contributed by atoms with Crippen molar-refractivity contribution in [3.63, 3.8) is 0 Å². The number of rotatable bonds is 6. The highest BCUT2D eigenvalue weighted by Gasteiger charge is 2.31. The monoisotopic (exact) mass is 738 g/mol. The van der Waals surface area contributed by atoms with E-state index in [1.807, 2.05) is 36.9 Å². The first kappa shape index (κ1) is 32.4. The predicted molar refractivity (Wildman–Crippen MR) is 240 cm³/mol. The second kappa shape index (κ2) is 12.9. The summed E-state index contributed by atoms with van der Waals surface area (Å²) in [7, 11) is 0. The quantitative estimate of drug-likeness (QED) is 0.126. The van der Waals surface area contributed by atoms with Crippen molar-refractivity contribution in [2.24, 2.45) is 0 Å². The fraction of sp³-hybridized carbons (Fsp3) is 0. The summed E-state index contributed by atoms with van der Waals surface area (Å²) in [6, 6.07) is 66.2. The van der Waals surface area contributed by atoms with Crippen LogP contribution >= 0.6 is 0 Å². The van der Waals surface area contributed by atoms with Gasteiger partial charge in [0.05, 0.1) is 22.1 Å². The maximum atomic E-state index is 4.57. The van der Waals surface area contributed by atoms with E-state index in [-0.39, 0.29) is 0 Å². The van der Waals surface area contributed by atoms with Crippen LogP contribution in [0.5, 0.6) is 0 Å².